The number of para-hydroxylation sites is 1. The second kappa shape index (κ2) is 8.83. The minimum absolute atomic E-state index is 0.334. The number of carbonyl (C=O) groups excluding carboxylic acids is 1. The van der Waals surface area contributed by atoms with Gasteiger partial charge in [0.1, 0.15) is 18.0 Å². The molecular weight excluding hydrogens is 306 g/mol. The van der Waals surface area contributed by atoms with Gasteiger partial charge in [-0.25, -0.2) is 14.8 Å². The summed E-state index contributed by atoms with van der Waals surface area (Å²) < 4.78 is 5.08. The van der Waals surface area contributed by atoms with Crippen molar-refractivity contribution < 1.29 is 9.53 Å². The molecule has 0 saturated carbocycles. The van der Waals surface area contributed by atoms with Crippen LogP contribution in [0, 0.1) is 0 Å². The highest BCUT2D eigenvalue weighted by molar-refractivity contribution is 5.96. The van der Waals surface area contributed by atoms with E-state index in [1.54, 1.807) is 25.1 Å². The van der Waals surface area contributed by atoms with Crippen LogP contribution in [0.4, 0.5) is 17.3 Å². The fourth-order valence-electron chi connectivity index (χ4n) is 2.05. The van der Waals surface area contributed by atoms with E-state index in [2.05, 4.69) is 25.5 Å². The maximum absolute atomic E-state index is 12.0. The molecule has 1 aromatic carbocycles. The van der Waals surface area contributed by atoms with Crippen molar-refractivity contribution in [1.82, 2.24) is 14.9 Å². The number of aromatic nitrogens is 2. The summed E-state index contributed by atoms with van der Waals surface area (Å²) in [4.78, 5) is 22.5. The second-order valence-corrected chi connectivity index (χ2v) is 5.41. The highest BCUT2D eigenvalue weighted by Crippen LogP contribution is 2.21. The Kier molecular flexibility index (Phi) is 6.51. The molecule has 0 aliphatic rings. The number of likely N-dealkylation sites (N-methyl/N-ethyl adjacent to an activating group) is 1. The van der Waals surface area contributed by atoms with Gasteiger partial charge in [0.2, 0.25) is 0 Å². The van der Waals surface area contributed by atoms with E-state index >= 15 is 0 Å². The summed E-state index contributed by atoms with van der Waals surface area (Å²) in [7, 11) is 4.03. The summed E-state index contributed by atoms with van der Waals surface area (Å²) in [5.74, 6) is 0.969. The Hall–Kier alpha value is -2.67. The fraction of sp³-hybridized carbons (Fsp3) is 0.353. The Morgan fingerprint density at radius 2 is 1.96 bits per heavy atom. The molecule has 7 nitrogen and oxygen atoms in total. The number of carbonyl (C=O) groups is 1. The molecule has 0 aliphatic carbocycles. The number of ether oxygens (including phenoxy) is 1. The van der Waals surface area contributed by atoms with E-state index in [0.717, 1.165) is 18.9 Å². The van der Waals surface area contributed by atoms with E-state index in [1.165, 1.54) is 6.33 Å². The number of esters is 1. The molecule has 1 heterocycles. The largest absolute Gasteiger partial charge is 0.462 e. The third kappa shape index (κ3) is 5.20. The quantitative estimate of drug-likeness (QED) is 0.720. The van der Waals surface area contributed by atoms with E-state index in [9.17, 15) is 4.79 Å². The molecule has 0 spiro atoms. The van der Waals surface area contributed by atoms with Crippen molar-refractivity contribution in [3.63, 3.8) is 0 Å². The molecule has 0 radical (unpaired) electrons. The normalized spacial score (nSPS) is 10.5. The van der Waals surface area contributed by atoms with Crippen LogP contribution in [0.5, 0.6) is 0 Å². The Balaban J connectivity index is 2.10. The molecule has 0 saturated heterocycles. The van der Waals surface area contributed by atoms with Crippen molar-refractivity contribution in [3.05, 3.63) is 42.2 Å². The topological polar surface area (TPSA) is 79.4 Å². The number of anilines is 3. The van der Waals surface area contributed by atoms with Crippen LogP contribution in [-0.4, -0.2) is 54.6 Å². The fourth-order valence-corrected chi connectivity index (χ4v) is 2.05. The van der Waals surface area contributed by atoms with Crippen molar-refractivity contribution in [2.45, 2.75) is 6.92 Å². The highest BCUT2D eigenvalue weighted by atomic mass is 16.5. The first-order valence-corrected chi connectivity index (χ1v) is 7.84. The molecule has 0 atom stereocenters. The van der Waals surface area contributed by atoms with Gasteiger partial charge in [0.25, 0.3) is 0 Å². The first kappa shape index (κ1) is 17.7. The summed E-state index contributed by atoms with van der Waals surface area (Å²) in [6.07, 6.45) is 1.48. The van der Waals surface area contributed by atoms with Gasteiger partial charge in [0.15, 0.2) is 0 Å². The van der Waals surface area contributed by atoms with Gasteiger partial charge in [-0.15, -0.1) is 0 Å². The zero-order valence-corrected chi connectivity index (χ0v) is 14.2. The average Bonchev–Trinajstić information content (AvgIpc) is 2.55. The molecule has 2 aromatic rings. The van der Waals surface area contributed by atoms with E-state index in [-0.39, 0.29) is 5.97 Å². The van der Waals surface area contributed by atoms with Crippen molar-refractivity contribution in [1.29, 1.82) is 0 Å². The van der Waals surface area contributed by atoms with Gasteiger partial charge in [-0.1, -0.05) is 12.1 Å². The predicted molar refractivity (Wildman–Crippen MR) is 94.8 cm³/mol. The summed E-state index contributed by atoms with van der Waals surface area (Å²) in [5, 5.41) is 6.38. The van der Waals surface area contributed by atoms with Crippen molar-refractivity contribution in [2.75, 3.05) is 44.4 Å². The Morgan fingerprint density at radius 1 is 1.21 bits per heavy atom. The Bertz CT molecular complexity index is 676. The lowest BCUT2D eigenvalue weighted by atomic mass is 10.2. The lowest BCUT2D eigenvalue weighted by Crippen LogP contribution is -2.21. The third-order valence-corrected chi connectivity index (χ3v) is 3.22. The Morgan fingerprint density at radius 3 is 2.71 bits per heavy atom. The zero-order valence-electron chi connectivity index (χ0n) is 14.2. The molecule has 1 aromatic heterocycles. The number of hydrogen-bond donors (Lipinski definition) is 2. The predicted octanol–water partition coefficient (Wildman–Crippen LogP) is 2.37. The molecule has 7 heteroatoms. The van der Waals surface area contributed by atoms with Gasteiger partial charge >= 0.3 is 5.97 Å². The molecule has 0 fully saturated rings. The first-order chi connectivity index (χ1) is 11.6. The van der Waals surface area contributed by atoms with Crippen LogP contribution in [-0.2, 0) is 4.74 Å². The van der Waals surface area contributed by atoms with Crippen LogP contribution in [0.1, 0.15) is 17.3 Å². The van der Waals surface area contributed by atoms with E-state index in [0.29, 0.717) is 23.7 Å². The van der Waals surface area contributed by atoms with Gasteiger partial charge in [-0.2, -0.15) is 0 Å². The highest BCUT2D eigenvalue weighted by Gasteiger charge is 2.12. The van der Waals surface area contributed by atoms with E-state index in [1.807, 2.05) is 26.2 Å². The summed E-state index contributed by atoms with van der Waals surface area (Å²) >= 11 is 0. The van der Waals surface area contributed by atoms with Crippen LogP contribution in [0.2, 0.25) is 0 Å². The van der Waals surface area contributed by atoms with E-state index < -0.39 is 0 Å². The van der Waals surface area contributed by atoms with Crippen LogP contribution in [0.25, 0.3) is 0 Å². The van der Waals surface area contributed by atoms with Crippen molar-refractivity contribution in [2.24, 2.45) is 0 Å². The lowest BCUT2D eigenvalue weighted by Gasteiger charge is -2.13. The molecule has 24 heavy (non-hydrogen) atoms. The van der Waals surface area contributed by atoms with Crippen LogP contribution < -0.4 is 10.6 Å². The molecule has 128 valence electrons. The van der Waals surface area contributed by atoms with Gasteiger partial charge < -0.3 is 20.3 Å². The minimum atomic E-state index is -0.362. The molecule has 0 bridgehead atoms. The molecule has 0 amide bonds. The van der Waals surface area contributed by atoms with Crippen LogP contribution in [0.3, 0.4) is 0 Å². The number of nitrogens with one attached hydrogen (secondary N) is 2. The number of hydrogen-bond acceptors (Lipinski definition) is 7. The summed E-state index contributed by atoms with van der Waals surface area (Å²) in [5.41, 5.74) is 1.12. The molecule has 0 aliphatic heterocycles. The minimum Gasteiger partial charge on any atom is -0.462 e. The summed E-state index contributed by atoms with van der Waals surface area (Å²) in [6, 6.07) is 8.98. The lowest BCUT2D eigenvalue weighted by molar-refractivity contribution is 0.0527. The zero-order chi connectivity index (χ0) is 17.4. The van der Waals surface area contributed by atoms with Crippen LogP contribution >= 0.6 is 0 Å². The molecule has 0 unspecified atom stereocenters. The molecular formula is C17H23N5O2. The average molecular weight is 329 g/mol. The van der Waals surface area contributed by atoms with Gasteiger partial charge in [0.05, 0.1) is 17.9 Å². The Labute approximate surface area is 142 Å². The van der Waals surface area contributed by atoms with Crippen molar-refractivity contribution in [3.8, 4) is 0 Å². The maximum atomic E-state index is 12.0. The standard InChI is InChI=1S/C17H23N5O2/c1-4-24-17(23)13-7-5-6-8-14(13)21-16-11-15(19-12-20-16)18-9-10-22(2)3/h5-8,11-12H,4,9-10H2,1-3H3,(H2,18,19,20,21). The maximum Gasteiger partial charge on any atom is 0.340 e. The van der Waals surface area contributed by atoms with Gasteiger partial charge in [-0.05, 0) is 33.2 Å². The smallest absolute Gasteiger partial charge is 0.340 e. The number of rotatable bonds is 8. The SMILES string of the molecule is CCOC(=O)c1ccccc1Nc1cc(NCCN(C)C)ncn1. The first-order valence-electron chi connectivity index (χ1n) is 7.84. The van der Waals surface area contributed by atoms with Gasteiger partial charge in [-0.3, -0.25) is 0 Å². The second-order valence-electron chi connectivity index (χ2n) is 5.41. The van der Waals surface area contributed by atoms with Gasteiger partial charge in [0, 0.05) is 19.2 Å². The molecule has 2 N–H and O–H groups in total. The van der Waals surface area contributed by atoms with Crippen LogP contribution in [0.15, 0.2) is 36.7 Å². The van der Waals surface area contributed by atoms with Crippen molar-refractivity contribution >= 4 is 23.3 Å². The molecule has 2 rings (SSSR count). The number of nitrogens with zero attached hydrogens (tertiary/aromatic N) is 3. The number of benzene rings is 1. The van der Waals surface area contributed by atoms with E-state index in [4.69, 9.17) is 4.74 Å². The third-order valence-electron chi connectivity index (χ3n) is 3.22. The summed E-state index contributed by atoms with van der Waals surface area (Å²) in [6.45, 7) is 3.80. The monoisotopic (exact) mass is 329 g/mol.